The predicted octanol–water partition coefficient (Wildman–Crippen LogP) is -1.25. The number of hydroxylamine groups is 1. The average Bonchev–Trinajstić information content (AvgIpc) is 2.13. The Labute approximate surface area is 51.8 Å². The molecular weight excluding hydrogens is 122 g/mol. The van der Waals surface area contributed by atoms with Crippen molar-refractivity contribution in [2.45, 2.75) is 13.0 Å². The molecule has 9 heavy (non-hydrogen) atoms. The molecule has 5 nitrogen and oxygen atoms in total. The molecule has 1 aliphatic heterocycles. The SMILES string of the molecule is CC1NON=C1C(N)=O. The van der Waals surface area contributed by atoms with Gasteiger partial charge in [0, 0.05) is 0 Å². The molecule has 0 saturated heterocycles. The molecule has 0 aliphatic carbocycles. The summed E-state index contributed by atoms with van der Waals surface area (Å²) in [6, 6.07) is -0.192. The van der Waals surface area contributed by atoms with Gasteiger partial charge in [-0.1, -0.05) is 5.16 Å². The molecule has 0 aromatic heterocycles. The number of carbonyl (C=O) groups is 1. The molecule has 0 saturated carbocycles. The van der Waals surface area contributed by atoms with Gasteiger partial charge in [0.2, 0.25) is 0 Å². The van der Waals surface area contributed by atoms with Gasteiger partial charge in [-0.3, -0.25) is 9.73 Å². The standard InChI is InChI=1S/C4H7N3O2/c1-2-3(4(5)8)7-9-6-2/h2,6H,1H3,(H2,5,8). The maximum Gasteiger partial charge on any atom is 0.268 e. The van der Waals surface area contributed by atoms with Gasteiger partial charge in [0.15, 0.2) is 5.71 Å². The van der Waals surface area contributed by atoms with Crippen LogP contribution in [0.3, 0.4) is 0 Å². The number of nitrogens with two attached hydrogens (primary N) is 1. The average molecular weight is 129 g/mol. The largest absolute Gasteiger partial charge is 0.364 e. The van der Waals surface area contributed by atoms with Crippen LogP contribution in [0.2, 0.25) is 0 Å². The molecule has 1 atom stereocenters. The maximum absolute atomic E-state index is 10.4. The van der Waals surface area contributed by atoms with Crippen LogP contribution in [0.5, 0.6) is 0 Å². The van der Waals surface area contributed by atoms with Crippen LogP contribution in [0, 0.1) is 0 Å². The van der Waals surface area contributed by atoms with E-state index in [0.717, 1.165) is 0 Å². The second-order valence-electron chi connectivity index (χ2n) is 1.77. The van der Waals surface area contributed by atoms with Crippen LogP contribution in [0.15, 0.2) is 5.16 Å². The van der Waals surface area contributed by atoms with Crippen molar-refractivity contribution in [1.82, 2.24) is 5.48 Å². The zero-order chi connectivity index (χ0) is 6.85. The Morgan fingerprint density at radius 2 is 2.67 bits per heavy atom. The van der Waals surface area contributed by atoms with E-state index in [1.165, 1.54) is 0 Å². The summed E-state index contributed by atoms with van der Waals surface area (Å²) >= 11 is 0. The highest BCUT2D eigenvalue weighted by molar-refractivity contribution is 6.40. The van der Waals surface area contributed by atoms with Crippen molar-refractivity contribution in [3.63, 3.8) is 0 Å². The van der Waals surface area contributed by atoms with Crippen molar-refractivity contribution >= 4 is 11.6 Å². The molecule has 1 amide bonds. The lowest BCUT2D eigenvalue weighted by Gasteiger charge is -1.96. The van der Waals surface area contributed by atoms with E-state index in [0.29, 0.717) is 0 Å². The Balaban J connectivity index is 2.68. The van der Waals surface area contributed by atoms with E-state index >= 15 is 0 Å². The lowest BCUT2D eigenvalue weighted by molar-refractivity contribution is -0.112. The normalized spacial score (nSPS) is 25.0. The summed E-state index contributed by atoms with van der Waals surface area (Å²) in [5.41, 5.74) is 7.58. The molecule has 1 heterocycles. The number of nitrogens with one attached hydrogen (secondary N) is 1. The number of primary amides is 1. The van der Waals surface area contributed by atoms with Gasteiger partial charge in [-0.15, -0.1) is 5.48 Å². The van der Waals surface area contributed by atoms with E-state index in [1.807, 2.05) is 0 Å². The van der Waals surface area contributed by atoms with Gasteiger partial charge < -0.3 is 5.73 Å². The van der Waals surface area contributed by atoms with Crippen molar-refractivity contribution in [3.8, 4) is 0 Å². The van der Waals surface area contributed by atoms with Gasteiger partial charge in [-0.2, -0.15) is 0 Å². The number of amides is 1. The summed E-state index contributed by atoms with van der Waals surface area (Å²) in [5.74, 6) is -0.549. The van der Waals surface area contributed by atoms with Crippen LogP contribution in [-0.4, -0.2) is 17.7 Å². The van der Waals surface area contributed by atoms with Gasteiger partial charge in [-0.05, 0) is 6.92 Å². The smallest absolute Gasteiger partial charge is 0.268 e. The zero-order valence-corrected chi connectivity index (χ0v) is 4.92. The van der Waals surface area contributed by atoms with Gasteiger partial charge >= 0.3 is 0 Å². The first-order valence-electron chi connectivity index (χ1n) is 2.51. The second kappa shape index (κ2) is 2.02. The number of rotatable bonds is 1. The molecule has 0 fully saturated rings. The molecule has 3 N–H and O–H groups in total. The molecule has 5 heteroatoms. The minimum atomic E-state index is -0.549. The van der Waals surface area contributed by atoms with Crippen molar-refractivity contribution in [3.05, 3.63) is 0 Å². The Kier molecular flexibility index (Phi) is 1.35. The van der Waals surface area contributed by atoms with E-state index in [2.05, 4.69) is 15.6 Å². The van der Waals surface area contributed by atoms with Crippen molar-refractivity contribution in [2.24, 2.45) is 10.9 Å². The molecule has 0 aromatic carbocycles. The van der Waals surface area contributed by atoms with Crippen LogP contribution in [0.1, 0.15) is 6.92 Å². The summed E-state index contributed by atoms with van der Waals surface area (Å²) in [6.07, 6.45) is 0. The zero-order valence-electron chi connectivity index (χ0n) is 4.92. The third-order valence-corrected chi connectivity index (χ3v) is 1.04. The molecular formula is C4H7N3O2. The molecule has 1 unspecified atom stereocenters. The van der Waals surface area contributed by atoms with Crippen LogP contribution in [0.25, 0.3) is 0 Å². The Morgan fingerprint density at radius 1 is 2.00 bits per heavy atom. The van der Waals surface area contributed by atoms with E-state index < -0.39 is 5.91 Å². The van der Waals surface area contributed by atoms with Crippen LogP contribution >= 0.6 is 0 Å². The predicted molar refractivity (Wildman–Crippen MR) is 30.3 cm³/mol. The van der Waals surface area contributed by atoms with E-state index in [1.54, 1.807) is 6.92 Å². The topological polar surface area (TPSA) is 76.7 Å². The molecule has 0 spiro atoms. The first-order valence-corrected chi connectivity index (χ1v) is 2.51. The first kappa shape index (κ1) is 6.03. The molecule has 1 aliphatic rings. The molecule has 0 bridgehead atoms. The summed E-state index contributed by atoms with van der Waals surface area (Å²) in [7, 11) is 0. The maximum atomic E-state index is 10.4. The summed E-state index contributed by atoms with van der Waals surface area (Å²) in [4.78, 5) is 14.8. The number of hydrogen-bond acceptors (Lipinski definition) is 4. The molecule has 0 aromatic rings. The second-order valence-corrected chi connectivity index (χ2v) is 1.77. The van der Waals surface area contributed by atoms with Crippen molar-refractivity contribution in [1.29, 1.82) is 0 Å². The van der Waals surface area contributed by atoms with Crippen LogP contribution in [-0.2, 0) is 9.73 Å². The van der Waals surface area contributed by atoms with E-state index in [4.69, 9.17) is 5.73 Å². The molecule has 1 rings (SSSR count). The highest BCUT2D eigenvalue weighted by Gasteiger charge is 2.22. The van der Waals surface area contributed by atoms with Crippen LogP contribution < -0.4 is 11.2 Å². The van der Waals surface area contributed by atoms with Crippen molar-refractivity contribution in [2.75, 3.05) is 0 Å². The Morgan fingerprint density at radius 3 is 2.89 bits per heavy atom. The number of nitrogens with zero attached hydrogens (tertiary/aromatic N) is 1. The lowest BCUT2D eigenvalue weighted by atomic mass is 10.2. The minimum absolute atomic E-state index is 0.192. The van der Waals surface area contributed by atoms with Crippen LogP contribution in [0.4, 0.5) is 0 Å². The summed E-state index contributed by atoms with van der Waals surface area (Å²) < 4.78 is 0. The number of hydrogen-bond donors (Lipinski definition) is 2. The van der Waals surface area contributed by atoms with Gasteiger partial charge in [0.05, 0.1) is 6.04 Å². The highest BCUT2D eigenvalue weighted by atomic mass is 16.8. The lowest BCUT2D eigenvalue weighted by Crippen LogP contribution is -2.35. The molecule has 0 radical (unpaired) electrons. The summed E-state index contributed by atoms with van der Waals surface area (Å²) in [5, 5.41) is 3.35. The highest BCUT2D eigenvalue weighted by Crippen LogP contribution is 1.95. The quantitative estimate of drug-likeness (QED) is 0.464. The first-order chi connectivity index (χ1) is 4.22. The minimum Gasteiger partial charge on any atom is -0.364 e. The Bertz CT molecular complexity index is 165. The molecule has 50 valence electrons. The van der Waals surface area contributed by atoms with Gasteiger partial charge in [-0.25, -0.2) is 0 Å². The fourth-order valence-corrected chi connectivity index (χ4v) is 0.548. The van der Waals surface area contributed by atoms with Gasteiger partial charge in [0.25, 0.3) is 5.91 Å². The fourth-order valence-electron chi connectivity index (χ4n) is 0.548. The van der Waals surface area contributed by atoms with Crippen molar-refractivity contribution < 1.29 is 9.73 Å². The number of oxime groups is 1. The number of carbonyl (C=O) groups excluding carboxylic acids is 1. The van der Waals surface area contributed by atoms with E-state index in [-0.39, 0.29) is 11.8 Å². The Hall–Kier alpha value is -1.10. The fraction of sp³-hybridized carbons (Fsp3) is 0.500. The summed E-state index contributed by atoms with van der Waals surface area (Å²) in [6.45, 7) is 1.73. The third kappa shape index (κ3) is 0.996. The van der Waals surface area contributed by atoms with Gasteiger partial charge in [0.1, 0.15) is 0 Å². The monoisotopic (exact) mass is 129 g/mol. The third-order valence-electron chi connectivity index (χ3n) is 1.04. The van der Waals surface area contributed by atoms with E-state index in [9.17, 15) is 4.79 Å².